The number of benzene rings is 2. The van der Waals surface area contributed by atoms with Crippen molar-refractivity contribution < 1.29 is 4.74 Å². The van der Waals surface area contributed by atoms with Crippen LogP contribution in [0.1, 0.15) is 27.2 Å². The van der Waals surface area contributed by atoms with Gasteiger partial charge in [-0.25, -0.2) is 0 Å². The van der Waals surface area contributed by atoms with Crippen molar-refractivity contribution in [2.75, 3.05) is 13.1 Å². The van der Waals surface area contributed by atoms with E-state index >= 15 is 0 Å². The minimum absolute atomic E-state index is 0.222. The van der Waals surface area contributed by atoms with Gasteiger partial charge < -0.3 is 10.1 Å². The summed E-state index contributed by atoms with van der Waals surface area (Å²) in [6, 6.07) is 14.6. The van der Waals surface area contributed by atoms with Gasteiger partial charge in [-0.15, -0.1) is 0 Å². The van der Waals surface area contributed by atoms with Crippen LogP contribution in [-0.2, 0) is 0 Å². The average Bonchev–Trinajstić information content (AvgIpc) is 2.46. The van der Waals surface area contributed by atoms with E-state index in [-0.39, 0.29) is 6.10 Å². The van der Waals surface area contributed by atoms with E-state index in [1.165, 1.54) is 10.8 Å². The van der Waals surface area contributed by atoms with Gasteiger partial charge in [0.15, 0.2) is 0 Å². The molecule has 2 aromatic rings. The molecule has 108 valence electrons. The predicted molar refractivity (Wildman–Crippen MR) is 86.4 cm³/mol. The molecule has 2 nitrogen and oxygen atoms in total. The number of hydrogen-bond acceptors (Lipinski definition) is 2. The van der Waals surface area contributed by atoms with Crippen molar-refractivity contribution in [2.45, 2.75) is 33.3 Å². The van der Waals surface area contributed by atoms with Gasteiger partial charge in [0.25, 0.3) is 0 Å². The zero-order chi connectivity index (χ0) is 14.4. The summed E-state index contributed by atoms with van der Waals surface area (Å²) in [5.41, 5.74) is 0. The second-order valence-corrected chi connectivity index (χ2v) is 5.68. The number of rotatable bonds is 7. The topological polar surface area (TPSA) is 21.3 Å². The molecule has 20 heavy (non-hydrogen) atoms. The van der Waals surface area contributed by atoms with Crippen LogP contribution in [0.15, 0.2) is 42.5 Å². The molecule has 0 amide bonds. The smallest absolute Gasteiger partial charge is 0.127 e. The highest BCUT2D eigenvalue weighted by Crippen LogP contribution is 2.26. The molecule has 0 heterocycles. The fourth-order valence-corrected chi connectivity index (χ4v) is 2.28. The van der Waals surface area contributed by atoms with Gasteiger partial charge >= 0.3 is 0 Å². The summed E-state index contributed by atoms with van der Waals surface area (Å²) in [6.07, 6.45) is 1.23. The number of ether oxygens (including phenoxy) is 1. The van der Waals surface area contributed by atoms with E-state index in [9.17, 15) is 0 Å². The molecule has 0 aliphatic rings. The minimum atomic E-state index is 0.222. The molecule has 1 N–H and O–H groups in total. The largest absolute Gasteiger partial charge is 0.488 e. The first-order valence-electron chi connectivity index (χ1n) is 7.55. The van der Waals surface area contributed by atoms with Crippen molar-refractivity contribution in [2.24, 2.45) is 5.92 Å². The molecule has 2 rings (SSSR count). The van der Waals surface area contributed by atoms with Crippen LogP contribution in [0.4, 0.5) is 0 Å². The summed E-state index contributed by atoms with van der Waals surface area (Å²) in [4.78, 5) is 0. The summed E-state index contributed by atoms with van der Waals surface area (Å²) in [5.74, 6) is 1.66. The lowest BCUT2D eigenvalue weighted by atomic mass is 10.1. The first kappa shape index (κ1) is 14.9. The third-order valence-electron chi connectivity index (χ3n) is 3.42. The third kappa shape index (κ3) is 3.97. The summed E-state index contributed by atoms with van der Waals surface area (Å²) in [6.45, 7) is 8.55. The van der Waals surface area contributed by atoms with Crippen LogP contribution in [-0.4, -0.2) is 19.2 Å². The van der Waals surface area contributed by atoms with Crippen molar-refractivity contribution in [3.8, 4) is 5.75 Å². The molecule has 0 radical (unpaired) electrons. The van der Waals surface area contributed by atoms with Crippen molar-refractivity contribution in [3.05, 3.63) is 42.5 Å². The lowest BCUT2D eigenvalue weighted by Gasteiger charge is -2.20. The van der Waals surface area contributed by atoms with E-state index in [0.29, 0.717) is 5.92 Å². The lowest BCUT2D eigenvalue weighted by molar-refractivity contribution is 0.194. The van der Waals surface area contributed by atoms with Gasteiger partial charge in [-0.1, -0.05) is 57.2 Å². The second kappa shape index (κ2) is 7.30. The molecule has 0 bridgehead atoms. The maximum absolute atomic E-state index is 6.20. The highest BCUT2D eigenvalue weighted by molar-refractivity contribution is 5.88. The van der Waals surface area contributed by atoms with Crippen LogP contribution >= 0.6 is 0 Å². The van der Waals surface area contributed by atoms with Crippen molar-refractivity contribution >= 4 is 10.8 Å². The third-order valence-corrected chi connectivity index (χ3v) is 3.42. The standard InChI is InChI=1S/C18H25NO/c1-4-16(13-19-12-14(2)3)20-18-11-7-9-15-8-5-6-10-17(15)18/h5-11,14,16,19H,4,12-13H2,1-3H3. The molecule has 1 atom stereocenters. The van der Waals surface area contributed by atoms with Gasteiger partial charge in [-0.05, 0) is 30.3 Å². The van der Waals surface area contributed by atoms with Crippen molar-refractivity contribution in [3.63, 3.8) is 0 Å². The van der Waals surface area contributed by atoms with Crippen LogP contribution in [0, 0.1) is 5.92 Å². The maximum Gasteiger partial charge on any atom is 0.127 e. The van der Waals surface area contributed by atoms with Crippen LogP contribution in [0.5, 0.6) is 5.75 Å². The lowest BCUT2D eigenvalue weighted by Crippen LogP contribution is -2.33. The Kier molecular flexibility index (Phi) is 5.42. The minimum Gasteiger partial charge on any atom is -0.488 e. The molecular weight excluding hydrogens is 246 g/mol. The molecule has 0 fully saturated rings. The summed E-state index contributed by atoms with van der Waals surface area (Å²) >= 11 is 0. The predicted octanol–water partition coefficient (Wildman–Crippen LogP) is 4.24. The van der Waals surface area contributed by atoms with Crippen LogP contribution in [0.25, 0.3) is 10.8 Å². The average molecular weight is 271 g/mol. The van der Waals surface area contributed by atoms with Gasteiger partial charge in [0.1, 0.15) is 11.9 Å². The van der Waals surface area contributed by atoms with Gasteiger partial charge in [-0.2, -0.15) is 0 Å². The SMILES string of the molecule is CCC(CNCC(C)C)Oc1cccc2ccccc12. The Morgan fingerprint density at radius 1 is 1.00 bits per heavy atom. The molecule has 0 saturated carbocycles. The normalized spacial score (nSPS) is 12.8. The summed E-state index contributed by atoms with van der Waals surface area (Å²) in [7, 11) is 0. The Balaban J connectivity index is 2.05. The molecule has 1 unspecified atom stereocenters. The number of nitrogens with one attached hydrogen (secondary N) is 1. The molecule has 0 saturated heterocycles. The Labute approximate surface area is 122 Å². The zero-order valence-corrected chi connectivity index (χ0v) is 12.7. The Morgan fingerprint density at radius 3 is 2.50 bits per heavy atom. The number of hydrogen-bond donors (Lipinski definition) is 1. The Bertz CT molecular complexity index is 530. The molecule has 2 heteroatoms. The Hall–Kier alpha value is -1.54. The van der Waals surface area contributed by atoms with Gasteiger partial charge in [0.05, 0.1) is 0 Å². The van der Waals surface area contributed by atoms with Crippen LogP contribution in [0.3, 0.4) is 0 Å². The Morgan fingerprint density at radius 2 is 1.75 bits per heavy atom. The molecule has 0 aliphatic heterocycles. The summed E-state index contributed by atoms with van der Waals surface area (Å²) < 4.78 is 6.20. The molecule has 0 spiro atoms. The fraction of sp³-hybridized carbons (Fsp3) is 0.444. The monoisotopic (exact) mass is 271 g/mol. The molecule has 0 aliphatic carbocycles. The zero-order valence-electron chi connectivity index (χ0n) is 12.7. The van der Waals surface area contributed by atoms with E-state index in [4.69, 9.17) is 4.74 Å². The van der Waals surface area contributed by atoms with E-state index in [1.54, 1.807) is 0 Å². The fourth-order valence-electron chi connectivity index (χ4n) is 2.28. The second-order valence-electron chi connectivity index (χ2n) is 5.68. The van der Waals surface area contributed by atoms with E-state index in [1.807, 2.05) is 0 Å². The molecule has 0 aromatic heterocycles. The molecule has 2 aromatic carbocycles. The van der Waals surface area contributed by atoms with Gasteiger partial charge in [-0.3, -0.25) is 0 Å². The highest BCUT2D eigenvalue weighted by Gasteiger charge is 2.10. The molecular formula is C18H25NO. The summed E-state index contributed by atoms with van der Waals surface area (Å²) in [5, 5.41) is 5.90. The van der Waals surface area contributed by atoms with E-state index < -0.39 is 0 Å². The van der Waals surface area contributed by atoms with Crippen LogP contribution in [0.2, 0.25) is 0 Å². The maximum atomic E-state index is 6.20. The van der Waals surface area contributed by atoms with Crippen molar-refractivity contribution in [1.29, 1.82) is 0 Å². The van der Waals surface area contributed by atoms with Crippen molar-refractivity contribution in [1.82, 2.24) is 5.32 Å². The quantitative estimate of drug-likeness (QED) is 0.813. The first-order chi connectivity index (χ1) is 9.70. The van der Waals surface area contributed by atoms with Gasteiger partial charge in [0, 0.05) is 11.9 Å². The van der Waals surface area contributed by atoms with E-state index in [0.717, 1.165) is 25.3 Å². The first-order valence-corrected chi connectivity index (χ1v) is 7.55. The van der Waals surface area contributed by atoms with E-state index in [2.05, 4.69) is 68.6 Å². The van der Waals surface area contributed by atoms with Gasteiger partial charge in [0.2, 0.25) is 0 Å². The number of fused-ring (bicyclic) bond motifs is 1. The van der Waals surface area contributed by atoms with Crippen LogP contribution < -0.4 is 10.1 Å². The highest BCUT2D eigenvalue weighted by atomic mass is 16.5.